The molecule has 0 aromatic heterocycles. The van der Waals surface area contributed by atoms with Crippen molar-refractivity contribution in [3.63, 3.8) is 0 Å². The van der Waals surface area contributed by atoms with Crippen LogP contribution in [0.1, 0.15) is 31.7 Å². The van der Waals surface area contributed by atoms with Gasteiger partial charge < -0.3 is 37.6 Å². The summed E-state index contributed by atoms with van der Waals surface area (Å²) in [5.41, 5.74) is 11.5. The molecule has 1 aromatic carbocycles. The highest BCUT2D eigenvalue weighted by Crippen LogP contribution is 2.05. The van der Waals surface area contributed by atoms with Crippen molar-refractivity contribution in [1.29, 1.82) is 0 Å². The molecule has 0 aliphatic rings. The van der Waals surface area contributed by atoms with E-state index in [1.165, 1.54) is 6.92 Å². The predicted molar refractivity (Wildman–Crippen MR) is 118 cm³/mol. The van der Waals surface area contributed by atoms with Crippen molar-refractivity contribution in [1.82, 2.24) is 16.0 Å². The number of amides is 4. The van der Waals surface area contributed by atoms with Crippen molar-refractivity contribution in [3.05, 3.63) is 35.9 Å². The van der Waals surface area contributed by atoms with Gasteiger partial charge in [0, 0.05) is 12.8 Å². The average molecular weight is 479 g/mol. The SMILES string of the molecule is CC(NC(=O)C(Cc1ccccc1)NC(=O)C(N)CCC(N)=O)C(=O)NC(CC(=O)O)C(=O)O. The number of carboxylic acids is 2. The van der Waals surface area contributed by atoms with Crippen LogP contribution < -0.4 is 27.4 Å². The fourth-order valence-corrected chi connectivity index (χ4v) is 2.82. The summed E-state index contributed by atoms with van der Waals surface area (Å²) in [5.74, 6) is -6.00. The standard InChI is InChI=1S/C21H29N5O8/c1-11(18(30)26-15(21(33)34)10-17(28)29)24-20(32)14(9-12-5-3-2-4-6-12)25-19(31)13(22)7-8-16(23)27/h2-6,11,13-15H,7-10,22H2,1H3,(H2,23,27)(H,24,32)(H,25,31)(H,26,30)(H,28,29)(H,33,34). The highest BCUT2D eigenvalue weighted by Gasteiger charge is 2.29. The molecule has 0 spiro atoms. The number of hydrogen-bond donors (Lipinski definition) is 7. The van der Waals surface area contributed by atoms with Gasteiger partial charge in [0.2, 0.25) is 23.6 Å². The van der Waals surface area contributed by atoms with E-state index in [2.05, 4.69) is 10.6 Å². The number of benzene rings is 1. The smallest absolute Gasteiger partial charge is 0.326 e. The number of carboxylic acid groups (broad SMARTS) is 2. The molecule has 13 heteroatoms. The normalized spacial score (nSPS) is 14.1. The molecule has 0 aliphatic heterocycles. The topological polar surface area (TPSA) is 231 Å². The van der Waals surface area contributed by atoms with E-state index in [-0.39, 0.29) is 19.3 Å². The molecule has 4 amide bonds. The number of carbonyl (C=O) groups excluding carboxylic acids is 4. The summed E-state index contributed by atoms with van der Waals surface area (Å²) in [6.45, 7) is 1.27. The van der Waals surface area contributed by atoms with Gasteiger partial charge in [-0.25, -0.2) is 4.79 Å². The minimum absolute atomic E-state index is 0.0280. The summed E-state index contributed by atoms with van der Waals surface area (Å²) < 4.78 is 0. The molecular weight excluding hydrogens is 450 g/mol. The predicted octanol–water partition coefficient (Wildman–Crippen LogP) is -2.14. The first-order valence-corrected chi connectivity index (χ1v) is 10.3. The van der Waals surface area contributed by atoms with E-state index in [0.717, 1.165) is 0 Å². The molecule has 13 nitrogen and oxygen atoms in total. The molecule has 0 fully saturated rings. The van der Waals surface area contributed by atoms with Gasteiger partial charge in [-0.2, -0.15) is 0 Å². The zero-order valence-electron chi connectivity index (χ0n) is 18.5. The van der Waals surface area contributed by atoms with Crippen LogP contribution in [0.25, 0.3) is 0 Å². The molecule has 1 rings (SSSR count). The van der Waals surface area contributed by atoms with Gasteiger partial charge >= 0.3 is 11.9 Å². The van der Waals surface area contributed by atoms with Crippen LogP contribution in [-0.2, 0) is 35.2 Å². The lowest BCUT2D eigenvalue weighted by atomic mass is 10.0. The number of carbonyl (C=O) groups is 6. The Balaban J connectivity index is 2.90. The fourth-order valence-electron chi connectivity index (χ4n) is 2.82. The second kappa shape index (κ2) is 13.5. The molecule has 186 valence electrons. The van der Waals surface area contributed by atoms with Crippen LogP contribution in [0.15, 0.2) is 30.3 Å². The lowest BCUT2D eigenvalue weighted by Crippen LogP contribution is -2.57. The second-order valence-electron chi connectivity index (χ2n) is 7.59. The second-order valence-corrected chi connectivity index (χ2v) is 7.59. The lowest BCUT2D eigenvalue weighted by molar-refractivity contribution is -0.147. The van der Waals surface area contributed by atoms with Gasteiger partial charge in [0.15, 0.2) is 0 Å². The fraction of sp³-hybridized carbons (Fsp3) is 0.429. The third-order valence-electron chi connectivity index (χ3n) is 4.70. The van der Waals surface area contributed by atoms with E-state index in [0.29, 0.717) is 5.56 Å². The minimum atomic E-state index is -1.69. The lowest BCUT2D eigenvalue weighted by Gasteiger charge is -2.23. The third kappa shape index (κ3) is 10.1. The molecule has 9 N–H and O–H groups in total. The molecule has 0 bridgehead atoms. The number of nitrogens with one attached hydrogen (secondary N) is 3. The molecular formula is C21H29N5O8. The maximum Gasteiger partial charge on any atom is 0.326 e. The summed E-state index contributed by atoms with van der Waals surface area (Å²) in [5, 5.41) is 24.7. The maximum absolute atomic E-state index is 12.9. The minimum Gasteiger partial charge on any atom is -0.481 e. The Morgan fingerprint density at radius 1 is 0.882 bits per heavy atom. The molecule has 34 heavy (non-hydrogen) atoms. The van der Waals surface area contributed by atoms with Crippen molar-refractivity contribution in [2.45, 2.75) is 56.8 Å². The summed E-state index contributed by atoms with van der Waals surface area (Å²) >= 11 is 0. The van der Waals surface area contributed by atoms with Gasteiger partial charge in [-0.05, 0) is 18.9 Å². The molecule has 0 saturated heterocycles. The van der Waals surface area contributed by atoms with Crippen LogP contribution in [0.5, 0.6) is 0 Å². The number of primary amides is 1. The Morgan fingerprint density at radius 3 is 2.00 bits per heavy atom. The van der Waals surface area contributed by atoms with Crippen LogP contribution in [0.3, 0.4) is 0 Å². The first-order chi connectivity index (χ1) is 15.9. The molecule has 0 heterocycles. The van der Waals surface area contributed by atoms with E-state index in [1.54, 1.807) is 30.3 Å². The molecule has 4 atom stereocenters. The average Bonchev–Trinajstić information content (AvgIpc) is 2.76. The van der Waals surface area contributed by atoms with Crippen molar-refractivity contribution >= 4 is 35.6 Å². The Morgan fingerprint density at radius 2 is 1.47 bits per heavy atom. The third-order valence-corrected chi connectivity index (χ3v) is 4.70. The zero-order chi connectivity index (χ0) is 25.8. The summed E-state index contributed by atoms with van der Waals surface area (Å²) in [6, 6.07) is 3.47. The Labute approximate surface area is 195 Å². The Bertz CT molecular complexity index is 908. The molecule has 0 radical (unpaired) electrons. The van der Waals surface area contributed by atoms with Crippen LogP contribution in [0.2, 0.25) is 0 Å². The van der Waals surface area contributed by atoms with Crippen LogP contribution in [0, 0.1) is 0 Å². The highest BCUT2D eigenvalue weighted by atomic mass is 16.4. The van der Waals surface area contributed by atoms with E-state index < -0.39 is 66.2 Å². The van der Waals surface area contributed by atoms with Gasteiger partial charge in [-0.1, -0.05) is 30.3 Å². The van der Waals surface area contributed by atoms with Gasteiger partial charge in [0.1, 0.15) is 18.1 Å². The number of rotatable bonds is 14. The van der Waals surface area contributed by atoms with E-state index in [9.17, 15) is 28.8 Å². The number of nitrogens with two attached hydrogens (primary N) is 2. The van der Waals surface area contributed by atoms with E-state index in [4.69, 9.17) is 21.7 Å². The van der Waals surface area contributed by atoms with Crippen molar-refractivity contribution in [2.75, 3.05) is 0 Å². The molecule has 1 aromatic rings. The van der Waals surface area contributed by atoms with Crippen LogP contribution >= 0.6 is 0 Å². The highest BCUT2D eigenvalue weighted by molar-refractivity contribution is 5.94. The van der Waals surface area contributed by atoms with Crippen molar-refractivity contribution in [2.24, 2.45) is 11.5 Å². The first kappa shape index (κ1) is 28.0. The van der Waals surface area contributed by atoms with E-state index >= 15 is 0 Å². The van der Waals surface area contributed by atoms with Crippen molar-refractivity contribution < 1.29 is 39.0 Å². The summed E-state index contributed by atoms with van der Waals surface area (Å²) in [4.78, 5) is 70.5. The maximum atomic E-state index is 12.9. The summed E-state index contributed by atoms with van der Waals surface area (Å²) in [7, 11) is 0. The molecule has 4 unspecified atom stereocenters. The quantitative estimate of drug-likeness (QED) is 0.154. The van der Waals surface area contributed by atoms with Gasteiger partial charge in [-0.3, -0.25) is 24.0 Å². The number of aliphatic carboxylic acids is 2. The van der Waals surface area contributed by atoms with Crippen LogP contribution in [0.4, 0.5) is 0 Å². The van der Waals surface area contributed by atoms with Crippen molar-refractivity contribution in [3.8, 4) is 0 Å². The monoisotopic (exact) mass is 479 g/mol. The zero-order valence-corrected chi connectivity index (χ0v) is 18.5. The number of hydrogen-bond acceptors (Lipinski definition) is 7. The van der Waals surface area contributed by atoms with Gasteiger partial charge in [0.25, 0.3) is 0 Å². The van der Waals surface area contributed by atoms with E-state index in [1.807, 2.05) is 5.32 Å². The first-order valence-electron chi connectivity index (χ1n) is 10.3. The Hall–Kier alpha value is -4.00. The molecule has 0 aliphatic carbocycles. The largest absolute Gasteiger partial charge is 0.481 e. The van der Waals surface area contributed by atoms with Gasteiger partial charge in [0.05, 0.1) is 12.5 Å². The van der Waals surface area contributed by atoms with Gasteiger partial charge in [-0.15, -0.1) is 0 Å². The summed E-state index contributed by atoms with van der Waals surface area (Å²) in [6.07, 6.45) is -0.952. The molecule has 0 saturated carbocycles. The van der Waals surface area contributed by atoms with Crippen LogP contribution in [-0.4, -0.2) is 69.9 Å². The Kier molecular flexibility index (Phi) is 11.2.